The number of sulfonamides is 1. The maximum atomic E-state index is 12.1. The van der Waals surface area contributed by atoms with Gasteiger partial charge in [-0.25, -0.2) is 17.9 Å². The number of carbonyl (C=O) groups excluding carboxylic acids is 1. The first kappa shape index (κ1) is 16.8. The highest BCUT2D eigenvalue weighted by Crippen LogP contribution is 2.22. The standard InChI is InChI=1S/C12H14N2O6S/c1-3-4-7-13-21(18,19)11-6-5-9(14(16)17)8-10(11)12(15)20-2/h3,5-6,8,13H,1,4,7H2,2H3. The molecule has 1 N–H and O–H groups in total. The van der Waals surface area contributed by atoms with Crippen molar-refractivity contribution in [2.45, 2.75) is 11.3 Å². The molecular weight excluding hydrogens is 300 g/mol. The summed E-state index contributed by atoms with van der Waals surface area (Å²) in [5.74, 6) is -0.970. The summed E-state index contributed by atoms with van der Waals surface area (Å²) in [5, 5.41) is 10.7. The van der Waals surface area contributed by atoms with Crippen LogP contribution in [0, 0.1) is 10.1 Å². The van der Waals surface area contributed by atoms with Crippen molar-refractivity contribution in [1.29, 1.82) is 0 Å². The van der Waals surface area contributed by atoms with Crippen molar-refractivity contribution >= 4 is 21.7 Å². The molecule has 8 nitrogen and oxygen atoms in total. The Morgan fingerprint density at radius 3 is 2.71 bits per heavy atom. The Balaban J connectivity index is 3.31. The third kappa shape index (κ3) is 4.10. The molecule has 0 aliphatic heterocycles. The Labute approximate surface area is 121 Å². The number of rotatable bonds is 7. The van der Waals surface area contributed by atoms with Gasteiger partial charge in [0.05, 0.1) is 22.5 Å². The molecule has 0 saturated heterocycles. The highest BCUT2D eigenvalue weighted by Gasteiger charge is 2.25. The number of benzene rings is 1. The minimum Gasteiger partial charge on any atom is -0.465 e. The fraction of sp³-hybridized carbons (Fsp3) is 0.250. The summed E-state index contributed by atoms with van der Waals surface area (Å²) in [5.41, 5.74) is -0.793. The van der Waals surface area contributed by atoms with E-state index in [-0.39, 0.29) is 11.4 Å². The van der Waals surface area contributed by atoms with Crippen LogP contribution >= 0.6 is 0 Å². The number of nitro benzene ring substituents is 1. The number of nitrogens with zero attached hydrogens (tertiary/aromatic N) is 1. The van der Waals surface area contributed by atoms with Crippen LogP contribution in [0.4, 0.5) is 5.69 Å². The Morgan fingerprint density at radius 1 is 1.52 bits per heavy atom. The van der Waals surface area contributed by atoms with Crippen LogP contribution in [0.25, 0.3) is 0 Å². The van der Waals surface area contributed by atoms with E-state index in [4.69, 9.17) is 0 Å². The summed E-state index contributed by atoms with van der Waals surface area (Å²) in [6.07, 6.45) is 1.93. The van der Waals surface area contributed by atoms with Gasteiger partial charge in [-0.1, -0.05) is 6.08 Å². The monoisotopic (exact) mass is 314 g/mol. The quantitative estimate of drug-likeness (QED) is 0.266. The van der Waals surface area contributed by atoms with E-state index in [0.717, 1.165) is 25.3 Å². The normalized spacial score (nSPS) is 10.9. The molecule has 0 radical (unpaired) electrons. The maximum Gasteiger partial charge on any atom is 0.339 e. The van der Waals surface area contributed by atoms with Crippen molar-refractivity contribution in [2.24, 2.45) is 0 Å². The average molecular weight is 314 g/mol. The SMILES string of the molecule is C=CCCNS(=O)(=O)c1ccc([N+](=O)[O-])cc1C(=O)OC. The predicted molar refractivity (Wildman–Crippen MR) is 74.4 cm³/mol. The first-order valence-electron chi connectivity index (χ1n) is 5.80. The lowest BCUT2D eigenvalue weighted by Crippen LogP contribution is -2.26. The number of ether oxygens (including phenoxy) is 1. The molecule has 0 fully saturated rings. The molecule has 1 rings (SSSR count). The third-order valence-corrected chi connectivity index (χ3v) is 4.03. The van der Waals surface area contributed by atoms with Crippen LogP contribution in [0.2, 0.25) is 0 Å². The summed E-state index contributed by atoms with van der Waals surface area (Å²) in [6.45, 7) is 3.56. The molecule has 0 amide bonds. The topological polar surface area (TPSA) is 116 Å². The van der Waals surface area contributed by atoms with Crippen LogP contribution in [0.15, 0.2) is 35.7 Å². The molecule has 114 valence electrons. The number of nitrogens with one attached hydrogen (secondary N) is 1. The Hall–Kier alpha value is -2.26. The van der Waals surface area contributed by atoms with Crippen LogP contribution in [0.3, 0.4) is 0 Å². The van der Waals surface area contributed by atoms with Crippen LogP contribution < -0.4 is 4.72 Å². The predicted octanol–water partition coefficient (Wildman–Crippen LogP) is 1.24. The van der Waals surface area contributed by atoms with Crippen LogP contribution in [0.5, 0.6) is 0 Å². The van der Waals surface area contributed by atoms with Crippen molar-refractivity contribution < 1.29 is 22.9 Å². The Bertz CT molecular complexity index is 668. The summed E-state index contributed by atoms with van der Waals surface area (Å²) < 4.78 is 30.9. The summed E-state index contributed by atoms with van der Waals surface area (Å²) in [7, 11) is -2.92. The molecule has 0 atom stereocenters. The third-order valence-electron chi connectivity index (χ3n) is 2.51. The van der Waals surface area contributed by atoms with Gasteiger partial charge in [0.25, 0.3) is 5.69 Å². The molecule has 0 spiro atoms. The van der Waals surface area contributed by atoms with E-state index in [0.29, 0.717) is 6.42 Å². The number of methoxy groups -OCH3 is 1. The lowest BCUT2D eigenvalue weighted by atomic mass is 10.2. The molecule has 0 aromatic heterocycles. The first-order valence-corrected chi connectivity index (χ1v) is 7.29. The molecule has 0 saturated carbocycles. The van der Waals surface area contributed by atoms with E-state index in [1.165, 1.54) is 6.08 Å². The molecule has 1 aromatic rings. The number of hydrogen-bond donors (Lipinski definition) is 1. The van der Waals surface area contributed by atoms with E-state index in [9.17, 15) is 23.3 Å². The first-order chi connectivity index (χ1) is 9.83. The number of esters is 1. The van der Waals surface area contributed by atoms with Crippen molar-refractivity contribution in [2.75, 3.05) is 13.7 Å². The molecule has 21 heavy (non-hydrogen) atoms. The van der Waals surface area contributed by atoms with E-state index >= 15 is 0 Å². The summed E-state index contributed by atoms with van der Waals surface area (Å²) in [6, 6.07) is 2.88. The number of carbonyl (C=O) groups is 1. The zero-order chi connectivity index (χ0) is 16.0. The Kier molecular flexibility index (Phi) is 5.56. The highest BCUT2D eigenvalue weighted by molar-refractivity contribution is 7.89. The van der Waals surface area contributed by atoms with E-state index in [2.05, 4.69) is 16.0 Å². The molecule has 1 aromatic carbocycles. The van der Waals surface area contributed by atoms with E-state index in [1.54, 1.807) is 0 Å². The van der Waals surface area contributed by atoms with Gasteiger partial charge in [-0.15, -0.1) is 6.58 Å². The van der Waals surface area contributed by atoms with Gasteiger partial charge in [-0.2, -0.15) is 0 Å². The lowest BCUT2D eigenvalue weighted by molar-refractivity contribution is -0.384. The molecular formula is C12H14N2O6S. The zero-order valence-electron chi connectivity index (χ0n) is 11.2. The van der Waals surface area contributed by atoms with Crippen molar-refractivity contribution in [3.05, 3.63) is 46.5 Å². The van der Waals surface area contributed by atoms with Gasteiger partial charge >= 0.3 is 5.97 Å². The van der Waals surface area contributed by atoms with Crippen molar-refractivity contribution in [3.63, 3.8) is 0 Å². The van der Waals surface area contributed by atoms with Gasteiger partial charge in [0.15, 0.2) is 0 Å². The van der Waals surface area contributed by atoms with Gasteiger partial charge in [0.2, 0.25) is 10.0 Å². The zero-order valence-corrected chi connectivity index (χ0v) is 12.1. The average Bonchev–Trinajstić information content (AvgIpc) is 2.45. The summed E-state index contributed by atoms with van der Waals surface area (Å²) >= 11 is 0. The minimum atomic E-state index is -3.98. The lowest BCUT2D eigenvalue weighted by Gasteiger charge is -2.09. The van der Waals surface area contributed by atoms with E-state index in [1.807, 2.05) is 0 Å². The van der Waals surface area contributed by atoms with Crippen molar-refractivity contribution in [1.82, 2.24) is 4.72 Å². The molecule has 0 heterocycles. The van der Waals surface area contributed by atoms with Crippen LogP contribution in [0.1, 0.15) is 16.8 Å². The second-order valence-electron chi connectivity index (χ2n) is 3.90. The van der Waals surface area contributed by atoms with Crippen molar-refractivity contribution in [3.8, 4) is 0 Å². The van der Waals surface area contributed by atoms with E-state index < -0.39 is 32.2 Å². The van der Waals surface area contributed by atoms with Gasteiger partial charge in [0.1, 0.15) is 0 Å². The highest BCUT2D eigenvalue weighted by atomic mass is 32.2. The minimum absolute atomic E-state index is 0.101. The number of non-ortho nitro benzene ring substituents is 1. The number of hydrogen-bond acceptors (Lipinski definition) is 6. The number of nitro groups is 1. The van der Waals surface area contributed by atoms with Gasteiger partial charge in [-0.3, -0.25) is 10.1 Å². The van der Waals surface area contributed by atoms with Gasteiger partial charge in [0, 0.05) is 18.7 Å². The Morgan fingerprint density at radius 2 is 2.19 bits per heavy atom. The fourth-order valence-electron chi connectivity index (χ4n) is 1.51. The molecule has 0 aliphatic rings. The molecule has 0 bridgehead atoms. The van der Waals surface area contributed by atoms with Crippen LogP contribution in [-0.4, -0.2) is 33.0 Å². The van der Waals surface area contributed by atoms with Gasteiger partial charge in [-0.05, 0) is 12.5 Å². The largest absolute Gasteiger partial charge is 0.465 e. The fourth-order valence-corrected chi connectivity index (χ4v) is 2.73. The van der Waals surface area contributed by atoms with Crippen LogP contribution in [-0.2, 0) is 14.8 Å². The summed E-state index contributed by atoms with van der Waals surface area (Å²) in [4.78, 5) is 21.2. The second-order valence-corrected chi connectivity index (χ2v) is 5.64. The second kappa shape index (κ2) is 6.95. The maximum absolute atomic E-state index is 12.1. The van der Waals surface area contributed by atoms with Gasteiger partial charge < -0.3 is 4.74 Å². The smallest absolute Gasteiger partial charge is 0.339 e. The molecule has 0 aliphatic carbocycles. The molecule has 9 heteroatoms. The molecule has 0 unspecified atom stereocenters.